The van der Waals surface area contributed by atoms with E-state index in [0.717, 1.165) is 12.8 Å². The number of carboxylic acid groups (broad SMARTS) is 1. The monoisotopic (exact) mass is 282 g/mol. The number of amides is 2. The third-order valence-electron chi connectivity index (χ3n) is 3.69. The number of likely N-dealkylation sites (tertiary alicyclic amines) is 1. The van der Waals surface area contributed by atoms with Crippen LogP contribution in [0.15, 0.2) is 0 Å². The normalized spacial score (nSPS) is 24.2. The molecule has 20 heavy (non-hydrogen) atoms. The zero-order valence-corrected chi connectivity index (χ0v) is 11.5. The molecule has 0 saturated carbocycles. The molecule has 0 bridgehead atoms. The molecule has 110 valence electrons. The van der Waals surface area contributed by atoms with Crippen LogP contribution < -0.4 is 5.32 Å². The van der Waals surface area contributed by atoms with Crippen LogP contribution >= 0.6 is 0 Å². The van der Waals surface area contributed by atoms with Crippen molar-refractivity contribution in [2.75, 3.05) is 6.54 Å². The molecule has 2 amide bonds. The molecule has 0 radical (unpaired) electrons. The number of carbonyl (C=O) groups is 2. The van der Waals surface area contributed by atoms with Crippen molar-refractivity contribution >= 4 is 12.0 Å². The van der Waals surface area contributed by atoms with Gasteiger partial charge in [-0.05, 0) is 33.1 Å². The second-order valence-corrected chi connectivity index (χ2v) is 5.13. The molecule has 2 heterocycles. The average Bonchev–Trinajstić information content (AvgIpc) is 2.92. The third kappa shape index (κ3) is 2.56. The Kier molecular flexibility index (Phi) is 3.86. The lowest BCUT2D eigenvalue weighted by Crippen LogP contribution is -2.60. The Bertz CT molecular complexity index is 490. The maximum atomic E-state index is 12.3. The Hall–Kier alpha value is -2.19. The summed E-state index contributed by atoms with van der Waals surface area (Å²) in [6.07, 6.45) is 2.05. The fourth-order valence-electron chi connectivity index (χ4n) is 2.35. The molecule has 1 aliphatic rings. The van der Waals surface area contributed by atoms with Gasteiger partial charge < -0.3 is 15.3 Å². The van der Waals surface area contributed by atoms with Gasteiger partial charge in [-0.3, -0.25) is 0 Å². The maximum absolute atomic E-state index is 12.3. The van der Waals surface area contributed by atoms with E-state index in [1.165, 1.54) is 4.90 Å². The number of piperidine rings is 1. The zero-order chi connectivity index (χ0) is 14.8. The van der Waals surface area contributed by atoms with Crippen LogP contribution in [0.2, 0.25) is 0 Å². The molecule has 0 aromatic carbocycles. The number of hydrogen-bond donors (Lipinski definition) is 3. The summed E-state index contributed by atoms with van der Waals surface area (Å²) in [7, 11) is 0. The van der Waals surface area contributed by atoms with Crippen LogP contribution in [-0.2, 0) is 4.79 Å². The Balaban J connectivity index is 2.09. The topological polar surface area (TPSA) is 124 Å². The highest BCUT2D eigenvalue weighted by Crippen LogP contribution is 2.28. The van der Waals surface area contributed by atoms with E-state index in [0.29, 0.717) is 18.8 Å². The summed E-state index contributed by atoms with van der Waals surface area (Å²) in [5, 5.41) is 25.4. The summed E-state index contributed by atoms with van der Waals surface area (Å²) in [6.45, 7) is 3.71. The maximum Gasteiger partial charge on any atom is 0.329 e. The van der Waals surface area contributed by atoms with Gasteiger partial charge in [-0.2, -0.15) is 5.21 Å². The fraction of sp³-hybridized carbons (Fsp3) is 0.727. The highest BCUT2D eigenvalue weighted by molar-refractivity contribution is 5.86. The highest BCUT2D eigenvalue weighted by atomic mass is 16.4. The summed E-state index contributed by atoms with van der Waals surface area (Å²) in [5.74, 6) is -0.632. The molecule has 3 N–H and O–H groups in total. The average molecular weight is 282 g/mol. The molecule has 1 aromatic heterocycles. The van der Waals surface area contributed by atoms with E-state index in [4.69, 9.17) is 0 Å². The quantitative estimate of drug-likeness (QED) is 0.732. The first kappa shape index (κ1) is 14.2. The molecule has 1 aliphatic heterocycles. The SMILES string of the molecule is CC(NC(=O)N1CCCCC1(C)C(=O)O)c1nn[nH]n1. The summed E-state index contributed by atoms with van der Waals surface area (Å²) >= 11 is 0. The molecule has 1 saturated heterocycles. The van der Waals surface area contributed by atoms with Gasteiger partial charge in [0.1, 0.15) is 5.54 Å². The van der Waals surface area contributed by atoms with Crippen molar-refractivity contribution in [1.82, 2.24) is 30.8 Å². The lowest BCUT2D eigenvalue weighted by Gasteiger charge is -2.41. The molecule has 0 spiro atoms. The minimum atomic E-state index is -1.17. The Morgan fingerprint density at radius 3 is 2.85 bits per heavy atom. The van der Waals surface area contributed by atoms with E-state index in [9.17, 15) is 14.7 Å². The fourth-order valence-corrected chi connectivity index (χ4v) is 2.35. The van der Waals surface area contributed by atoms with E-state index in [1.807, 2.05) is 0 Å². The predicted octanol–water partition coefficient (Wildman–Crippen LogP) is 0.299. The minimum Gasteiger partial charge on any atom is -0.480 e. The first-order chi connectivity index (χ1) is 9.45. The lowest BCUT2D eigenvalue weighted by atomic mass is 9.89. The number of nitrogens with zero attached hydrogens (tertiary/aromatic N) is 4. The molecule has 2 atom stereocenters. The van der Waals surface area contributed by atoms with Crippen LogP contribution in [0, 0.1) is 0 Å². The second-order valence-electron chi connectivity index (χ2n) is 5.13. The van der Waals surface area contributed by atoms with Gasteiger partial charge in [-0.1, -0.05) is 5.21 Å². The van der Waals surface area contributed by atoms with Crippen molar-refractivity contribution in [3.63, 3.8) is 0 Å². The van der Waals surface area contributed by atoms with Crippen LogP contribution in [0.5, 0.6) is 0 Å². The minimum absolute atomic E-state index is 0.354. The van der Waals surface area contributed by atoms with Crippen molar-refractivity contribution in [3.05, 3.63) is 5.82 Å². The number of aromatic amines is 1. The van der Waals surface area contributed by atoms with Gasteiger partial charge in [0.2, 0.25) is 0 Å². The van der Waals surface area contributed by atoms with Gasteiger partial charge in [-0.15, -0.1) is 10.2 Å². The number of nitrogens with one attached hydrogen (secondary N) is 2. The summed E-state index contributed by atoms with van der Waals surface area (Å²) in [6, 6.07) is -0.867. The van der Waals surface area contributed by atoms with Gasteiger partial charge >= 0.3 is 12.0 Å². The molecule has 2 rings (SSSR count). The summed E-state index contributed by atoms with van der Waals surface area (Å²) in [4.78, 5) is 25.1. The van der Waals surface area contributed by atoms with Crippen LogP contribution in [0.4, 0.5) is 4.79 Å². The number of hydrogen-bond acceptors (Lipinski definition) is 5. The van der Waals surface area contributed by atoms with E-state index in [2.05, 4.69) is 25.9 Å². The van der Waals surface area contributed by atoms with Crippen molar-refractivity contribution in [1.29, 1.82) is 0 Å². The molecule has 9 heteroatoms. The third-order valence-corrected chi connectivity index (χ3v) is 3.69. The van der Waals surface area contributed by atoms with Crippen molar-refractivity contribution in [2.45, 2.75) is 44.7 Å². The van der Waals surface area contributed by atoms with Crippen LogP contribution in [0.25, 0.3) is 0 Å². The summed E-state index contributed by atoms with van der Waals surface area (Å²) < 4.78 is 0. The molecule has 2 unspecified atom stereocenters. The standard InChI is InChI=1S/C11H18N6O3/c1-7(8-13-15-16-14-8)12-10(20)17-6-4-3-5-11(17,2)9(18)19/h7H,3-6H2,1-2H3,(H,12,20)(H,18,19)(H,13,14,15,16). The number of aromatic nitrogens is 4. The van der Waals surface area contributed by atoms with Gasteiger partial charge in [0.25, 0.3) is 0 Å². The van der Waals surface area contributed by atoms with E-state index in [1.54, 1.807) is 13.8 Å². The Morgan fingerprint density at radius 1 is 1.50 bits per heavy atom. The Labute approximate surface area is 115 Å². The van der Waals surface area contributed by atoms with E-state index in [-0.39, 0.29) is 0 Å². The molecular weight excluding hydrogens is 264 g/mol. The number of H-pyrrole nitrogens is 1. The molecule has 1 aromatic rings. The summed E-state index contributed by atoms with van der Waals surface area (Å²) in [5.41, 5.74) is -1.17. The zero-order valence-electron chi connectivity index (χ0n) is 11.5. The number of rotatable bonds is 3. The largest absolute Gasteiger partial charge is 0.480 e. The van der Waals surface area contributed by atoms with E-state index >= 15 is 0 Å². The first-order valence-corrected chi connectivity index (χ1v) is 6.50. The van der Waals surface area contributed by atoms with Crippen molar-refractivity contribution in [3.8, 4) is 0 Å². The predicted molar refractivity (Wildman–Crippen MR) is 67.7 cm³/mol. The van der Waals surface area contributed by atoms with Gasteiger partial charge in [0.05, 0.1) is 6.04 Å². The number of carbonyl (C=O) groups excluding carboxylic acids is 1. The van der Waals surface area contributed by atoms with Crippen LogP contribution in [0.1, 0.15) is 45.0 Å². The van der Waals surface area contributed by atoms with E-state index < -0.39 is 23.6 Å². The number of carboxylic acids is 1. The highest BCUT2D eigenvalue weighted by Gasteiger charge is 2.44. The van der Waals surface area contributed by atoms with Crippen LogP contribution in [0.3, 0.4) is 0 Å². The van der Waals surface area contributed by atoms with Gasteiger partial charge in [0, 0.05) is 6.54 Å². The molecule has 0 aliphatic carbocycles. The number of aliphatic carboxylic acids is 1. The van der Waals surface area contributed by atoms with Crippen LogP contribution in [-0.4, -0.2) is 54.7 Å². The van der Waals surface area contributed by atoms with Crippen molar-refractivity contribution in [2.24, 2.45) is 0 Å². The first-order valence-electron chi connectivity index (χ1n) is 6.50. The second kappa shape index (κ2) is 5.43. The lowest BCUT2D eigenvalue weighted by molar-refractivity contribution is -0.150. The number of tetrazole rings is 1. The molecular formula is C11H18N6O3. The smallest absolute Gasteiger partial charge is 0.329 e. The number of urea groups is 1. The van der Waals surface area contributed by atoms with Gasteiger partial charge in [-0.25, -0.2) is 9.59 Å². The molecule has 1 fully saturated rings. The van der Waals surface area contributed by atoms with Gasteiger partial charge in [0.15, 0.2) is 5.82 Å². The molecule has 9 nitrogen and oxygen atoms in total. The van der Waals surface area contributed by atoms with Crippen molar-refractivity contribution < 1.29 is 14.7 Å². The Morgan fingerprint density at radius 2 is 2.25 bits per heavy atom.